The van der Waals surface area contributed by atoms with Crippen molar-refractivity contribution < 1.29 is 0 Å². The topological polar surface area (TPSA) is 38.9 Å². The molecule has 2 nitrogen and oxygen atoms in total. The van der Waals surface area contributed by atoms with Gasteiger partial charge in [-0.1, -0.05) is 25.4 Å². The molecule has 0 bridgehead atoms. The number of pyridine rings is 1. The zero-order chi connectivity index (χ0) is 8.85. The van der Waals surface area contributed by atoms with E-state index >= 15 is 0 Å². The monoisotopic (exact) mass is 172 g/mol. The summed E-state index contributed by atoms with van der Waals surface area (Å²) in [5.74, 6) is 0.541. The molecule has 0 saturated carbocycles. The van der Waals surface area contributed by atoms with Gasteiger partial charge in [-0.15, -0.1) is 0 Å². The molecule has 0 aliphatic heterocycles. The Labute approximate surface area is 72.4 Å². The number of rotatable bonds is 0. The smallest absolute Gasteiger partial charge is 0.126 e. The molecule has 1 heterocycles. The second-order valence-electron chi connectivity index (χ2n) is 1.86. The summed E-state index contributed by atoms with van der Waals surface area (Å²) in [5.41, 5.74) is 6.34. The summed E-state index contributed by atoms with van der Waals surface area (Å²) >= 11 is 5.60. The fourth-order valence-corrected chi connectivity index (χ4v) is 0.764. The molecule has 1 rings (SSSR count). The van der Waals surface area contributed by atoms with Gasteiger partial charge in [0.05, 0.1) is 5.02 Å². The first-order valence-electron chi connectivity index (χ1n) is 3.58. The van der Waals surface area contributed by atoms with Crippen LogP contribution >= 0.6 is 11.6 Å². The van der Waals surface area contributed by atoms with Crippen LogP contribution in [0, 0.1) is 6.92 Å². The molecular weight excluding hydrogens is 160 g/mol. The largest absolute Gasteiger partial charge is 0.383 e. The third-order valence-corrected chi connectivity index (χ3v) is 1.29. The second-order valence-corrected chi connectivity index (χ2v) is 2.29. The summed E-state index contributed by atoms with van der Waals surface area (Å²) in [4.78, 5) is 3.82. The Bertz CT molecular complexity index is 223. The Hall–Kier alpha value is -0.760. The van der Waals surface area contributed by atoms with Crippen molar-refractivity contribution in [3.8, 4) is 0 Å². The summed E-state index contributed by atoms with van der Waals surface area (Å²) in [6.45, 7) is 5.87. The van der Waals surface area contributed by atoms with Crippen molar-refractivity contribution >= 4 is 17.4 Å². The first-order chi connectivity index (χ1) is 5.20. The molecule has 2 N–H and O–H groups in total. The van der Waals surface area contributed by atoms with Crippen molar-refractivity contribution in [2.24, 2.45) is 0 Å². The Balaban J connectivity index is 0.000000461. The minimum atomic E-state index is 0.541. The Morgan fingerprint density at radius 1 is 1.45 bits per heavy atom. The van der Waals surface area contributed by atoms with Crippen LogP contribution in [0.3, 0.4) is 0 Å². The number of anilines is 1. The molecule has 0 amide bonds. The third-order valence-electron chi connectivity index (χ3n) is 1.09. The lowest BCUT2D eigenvalue weighted by Gasteiger charge is -1.95. The molecule has 0 fully saturated rings. The number of nitrogens with zero attached hydrogens (tertiary/aromatic N) is 1. The lowest BCUT2D eigenvalue weighted by Crippen LogP contribution is -1.91. The first-order valence-corrected chi connectivity index (χ1v) is 3.95. The molecule has 0 atom stereocenters. The zero-order valence-corrected chi connectivity index (χ0v) is 7.81. The van der Waals surface area contributed by atoms with Crippen molar-refractivity contribution in [1.82, 2.24) is 4.98 Å². The summed E-state index contributed by atoms with van der Waals surface area (Å²) in [6, 6.07) is 1.78. The van der Waals surface area contributed by atoms with E-state index in [2.05, 4.69) is 4.98 Å². The number of nitrogens with two attached hydrogens (primary N) is 1. The molecule has 0 unspecified atom stereocenters. The maximum absolute atomic E-state index is 5.60. The van der Waals surface area contributed by atoms with Crippen LogP contribution in [0.5, 0.6) is 0 Å². The van der Waals surface area contributed by atoms with E-state index in [9.17, 15) is 0 Å². The van der Waals surface area contributed by atoms with Crippen molar-refractivity contribution in [3.05, 3.63) is 22.8 Å². The van der Waals surface area contributed by atoms with Gasteiger partial charge >= 0.3 is 0 Å². The molecule has 1 aromatic rings. The quantitative estimate of drug-likeness (QED) is 0.654. The SMILES string of the molecule is CC.Cc1cc(Cl)cnc1N. The molecule has 0 saturated heterocycles. The minimum Gasteiger partial charge on any atom is -0.383 e. The van der Waals surface area contributed by atoms with Crippen molar-refractivity contribution in [3.63, 3.8) is 0 Å². The van der Waals surface area contributed by atoms with Gasteiger partial charge in [0.15, 0.2) is 0 Å². The van der Waals surface area contributed by atoms with E-state index in [-0.39, 0.29) is 0 Å². The third kappa shape index (κ3) is 3.23. The Morgan fingerprint density at radius 3 is 2.36 bits per heavy atom. The molecule has 3 heteroatoms. The number of aryl methyl sites for hydroxylation is 1. The van der Waals surface area contributed by atoms with Crippen LogP contribution in [0.4, 0.5) is 5.82 Å². The van der Waals surface area contributed by atoms with Gasteiger partial charge < -0.3 is 5.73 Å². The Kier molecular flexibility index (Phi) is 4.62. The van der Waals surface area contributed by atoms with Crippen LogP contribution in [0.1, 0.15) is 19.4 Å². The van der Waals surface area contributed by atoms with Crippen LogP contribution in [0.15, 0.2) is 12.3 Å². The van der Waals surface area contributed by atoms with E-state index in [0.717, 1.165) is 5.56 Å². The maximum atomic E-state index is 5.60. The molecule has 0 aromatic carbocycles. The van der Waals surface area contributed by atoms with Crippen LogP contribution in [-0.4, -0.2) is 4.98 Å². The number of hydrogen-bond donors (Lipinski definition) is 1. The summed E-state index contributed by atoms with van der Waals surface area (Å²) in [7, 11) is 0. The Morgan fingerprint density at radius 2 is 2.00 bits per heavy atom. The van der Waals surface area contributed by atoms with E-state index in [0.29, 0.717) is 10.8 Å². The maximum Gasteiger partial charge on any atom is 0.126 e. The zero-order valence-electron chi connectivity index (χ0n) is 7.06. The van der Waals surface area contributed by atoms with Crippen molar-refractivity contribution in [2.75, 3.05) is 5.73 Å². The molecule has 0 aliphatic rings. The lowest BCUT2D eigenvalue weighted by molar-refractivity contribution is 1.28. The van der Waals surface area contributed by atoms with E-state index in [1.54, 1.807) is 6.07 Å². The first kappa shape index (κ1) is 10.2. The van der Waals surface area contributed by atoms with Gasteiger partial charge in [0.25, 0.3) is 0 Å². The van der Waals surface area contributed by atoms with E-state index in [4.69, 9.17) is 17.3 Å². The highest BCUT2D eigenvalue weighted by Crippen LogP contribution is 2.12. The molecular formula is C8H13ClN2. The highest BCUT2D eigenvalue weighted by molar-refractivity contribution is 6.30. The number of halogens is 1. The van der Waals surface area contributed by atoms with Crippen LogP contribution < -0.4 is 5.73 Å². The molecule has 0 aliphatic carbocycles. The van der Waals surface area contributed by atoms with Crippen molar-refractivity contribution in [2.45, 2.75) is 20.8 Å². The lowest BCUT2D eigenvalue weighted by atomic mass is 10.3. The average Bonchev–Trinajstić information content (AvgIpc) is 2.02. The molecule has 62 valence electrons. The van der Waals surface area contributed by atoms with Crippen LogP contribution in [-0.2, 0) is 0 Å². The summed E-state index contributed by atoms with van der Waals surface area (Å²) in [5, 5.41) is 0.627. The van der Waals surface area contributed by atoms with Gasteiger partial charge in [-0.05, 0) is 18.6 Å². The van der Waals surface area contributed by atoms with E-state index in [1.807, 2.05) is 20.8 Å². The highest BCUT2D eigenvalue weighted by Gasteiger charge is 1.92. The van der Waals surface area contributed by atoms with E-state index in [1.165, 1.54) is 6.20 Å². The highest BCUT2D eigenvalue weighted by atomic mass is 35.5. The molecule has 0 spiro atoms. The van der Waals surface area contributed by atoms with Gasteiger partial charge in [0.2, 0.25) is 0 Å². The van der Waals surface area contributed by atoms with Crippen LogP contribution in [0.25, 0.3) is 0 Å². The minimum absolute atomic E-state index is 0.541. The van der Waals surface area contributed by atoms with E-state index < -0.39 is 0 Å². The van der Waals surface area contributed by atoms with Gasteiger partial charge in [0.1, 0.15) is 5.82 Å². The fraction of sp³-hybridized carbons (Fsp3) is 0.375. The predicted molar refractivity (Wildman–Crippen MR) is 49.7 cm³/mol. The predicted octanol–water partition coefficient (Wildman–Crippen LogP) is 2.65. The molecule has 11 heavy (non-hydrogen) atoms. The summed E-state index contributed by atoms with van der Waals surface area (Å²) in [6.07, 6.45) is 1.53. The molecule has 0 radical (unpaired) electrons. The van der Waals surface area contributed by atoms with Crippen LogP contribution in [0.2, 0.25) is 5.02 Å². The van der Waals surface area contributed by atoms with Crippen molar-refractivity contribution in [1.29, 1.82) is 0 Å². The van der Waals surface area contributed by atoms with Gasteiger partial charge in [0, 0.05) is 6.20 Å². The van der Waals surface area contributed by atoms with Gasteiger partial charge in [-0.25, -0.2) is 4.98 Å². The van der Waals surface area contributed by atoms with Gasteiger partial charge in [-0.2, -0.15) is 0 Å². The average molecular weight is 173 g/mol. The second kappa shape index (κ2) is 4.97. The number of aromatic nitrogens is 1. The molecule has 1 aromatic heterocycles. The normalized spacial score (nSPS) is 8.36. The van der Waals surface area contributed by atoms with Gasteiger partial charge in [-0.3, -0.25) is 0 Å². The number of nitrogen functional groups attached to an aromatic ring is 1. The standard InChI is InChI=1S/C6H7ClN2.C2H6/c1-4-2-5(7)3-9-6(4)8;1-2/h2-3H,1H3,(H2,8,9);1-2H3. The summed E-state index contributed by atoms with van der Waals surface area (Å²) < 4.78 is 0. The number of hydrogen-bond acceptors (Lipinski definition) is 2. The fourth-order valence-electron chi connectivity index (χ4n) is 0.551.